The third-order valence-electron chi connectivity index (χ3n) is 3.89. The maximum atomic E-state index is 13.0. The predicted molar refractivity (Wildman–Crippen MR) is 86.6 cm³/mol. The fourth-order valence-corrected chi connectivity index (χ4v) is 2.96. The molecule has 2 atom stereocenters. The number of hydrogen-bond donors (Lipinski definition) is 1. The van der Waals surface area contributed by atoms with Gasteiger partial charge in [0.1, 0.15) is 11.3 Å². The van der Waals surface area contributed by atoms with E-state index in [2.05, 4.69) is 4.98 Å². The molecule has 148 valence electrons. The van der Waals surface area contributed by atoms with Gasteiger partial charge in [0.15, 0.2) is 0 Å². The van der Waals surface area contributed by atoms with E-state index in [0.29, 0.717) is 0 Å². The van der Waals surface area contributed by atoms with Crippen molar-refractivity contribution in [2.45, 2.75) is 65.1 Å². The van der Waals surface area contributed by atoms with E-state index in [4.69, 9.17) is 14.3 Å². The molecule has 2 rings (SSSR count). The molecule has 1 fully saturated rings. The summed E-state index contributed by atoms with van der Waals surface area (Å²) in [5, 5.41) is 9.11. The highest BCUT2D eigenvalue weighted by atomic mass is 19.4. The number of carbonyl (C=O) groups is 1. The average Bonchev–Trinajstić information content (AvgIpc) is 2.88. The van der Waals surface area contributed by atoms with Crippen LogP contribution in [0.1, 0.15) is 46.1 Å². The molecule has 26 heavy (non-hydrogen) atoms. The van der Waals surface area contributed by atoms with Gasteiger partial charge in [-0.05, 0) is 34.6 Å². The maximum absolute atomic E-state index is 13.0. The number of hydrogen-bond acceptors (Lipinski definition) is 6. The van der Waals surface area contributed by atoms with E-state index in [9.17, 15) is 18.0 Å². The van der Waals surface area contributed by atoms with Crippen molar-refractivity contribution in [2.75, 3.05) is 18.0 Å². The van der Waals surface area contributed by atoms with Crippen LogP contribution < -0.4 is 4.90 Å². The van der Waals surface area contributed by atoms with Crippen LogP contribution in [0.2, 0.25) is 0 Å². The van der Waals surface area contributed by atoms with Crippen molar-refractivity contribution in [1.29, 1.82) is 0 Å². The van der Waals surface area contributed by atoms with Gasteiger partial charge in [-0.15, -0.1) is 0 Å². The van der Waals surface area contributed by atoms with Crippen LogP contribution in [0.3, 0.4) is 0 Å². The number of rotatable bonds is 2. The fourth-order valence-electron chi connectivity index (χ4n) is 2.96. The summed E-state index contributed by atoms with van der Waals surface area (Å²) >= 11 is 0. The van der Waals surface area contributed by atoms with E-state index in [-0.39, 0.29) is 31.2 Å². The summed E-state index contributed by atoms with van der Waals surface area (Å²) in [7, 11) is 0. The molecule has 1 N–H and O–H groups in total. The molecule has 0 bridgehead atoms. The fraction of sp³-hybridized carbons (Fsp3) is 0.750. The third-order valence-corrected chi connectivity index (χ3v) is 3.89. The van der Waals surface area contributed by atoms with Gasteiger partial charge in [0.2, 0.25) is 5.76 Å². The summed E-state index contributed by atoms with van der Waals surface area (Å²) < 4.78 is 49.2. The minimum absolute atomic E-state index is 0.219. The summed E-state index contributed by atoms with van der Waals surface area (Å²) in [6.45, 7) is 8.41. The Bertz CT molecular complexity index is 642. The number of anilines is 1. The molecule has 0 radical (unpaired) electrons. The number of aromatic nitrogens is 1. The first kappa shape index (κ1) is 20.3. The number of alkyl halides is 3. The highest BCUT2D eigenvalue weighted by Crippen LogP contribution is 2.35. The molecule has 1 aliphatic heterocycles. The molecular formula is C16H24F3N3O4. The second-order valence-corrected chi connectivity index (χ2v) is 7.42. The summed E-state index contributed by atoms with van der Waals surface area (Å²) in [5.41, 5.74) is -1.20. The topological polar surface area (TPSA) is 79.0 Å². The highest BCUT2D eigenvalue weighted by Gasteiger charge is 2.42. The SMILES string of the molecule is CC1CN(c2nc(CO)c(C(F)(F)F)o2)CC(C)N1C(=O)OC(C)(C)C. The molecule has 1 saturated heterocycles. The number of ether oxygens (including phenoxy) is 1. The molecule has 2 heterocycles. The number of aliphatic hydroxyl groups excluding tert-OH is 1. The molecule has 0 spiro atoms. The van der Waals surface area contributed by atoms with E-state index in [0.717, 1.165) is 0 Å². The van der Waals surface area contributed by atoms with Gasteiger partial charge in [0, 0.05) is 13.1 Å². The van der Waals surface area contributed by atoms with Crippen molar-refractivity contribution in [1.82, 2.24) is 9.88 Å². The summed E-state index contributed by atoms with van der Waals surface area (Å²) in [5.74, 6) is -1.30. The molecule has 0 aromatic carbocycles. The summed E-state index contributed by atoms with van der Waals surface area (Å²) in [6.07, 6.45) is -5.21. The third kappa shape index (κ3) is 4.40. The van der Waals surface area contributed by atoms with Gasteiger partial charge in [-0.2, -0.15) is 18.2 Å². The first-order chi connectivity index (χ1) is 11.8. The second-order valence-electron chi connectivity index (χ2n) is 7.42. The van der Waals surface area contributed by atoms with Crippen LogP contribution in [0.15, 0.2) is 4.42 Å². The lowest BCUT2D eigenvalue weighted by molar-refractivity contribution is -0.154. The van der Waals surface area contributed by atoms with Crippen LogP contribution in [0.4, 0.5) is 24.0 Å². The molecule has 7 nitrogen and oxygen atoms in total. The normalized spacial score (nSPS) is 21.9. The van der Waals surface area contributed by atoms with Crippen molar-refractivity contribution in [2.24, 2.45) is 0 Å². The molecule has 1 aromatic rings. The number of amides is 1. The Balaban J connectivity index is 2.19. The Hall–Kier alpha value is -1.97. The summed E-state index contributed by atoms with van der Waals surface area (Å²) in [4.78, 5) is 19.2. The van der Waals surface area contributed by atoms with Gasteiger partial charge in [0.25, 0.3) is 6.01 Å². The zero-order chi connectivity index (χ0) is 19.9. The molecular weight excluding hydrogens is 355 g/mol. The minimum atomic E-state index is -4.74. The van der Waals surface area contributed by atoms with E-state index >= 15 is 0 Å². The zero-order valence-electron chi connectivity index (χ0n) is 15.4. The van der Waals surface area contributed by atoms with Crippen molar-refractivity contribution in [3.8, 4) is 0 Å². The van der Waals surface area contributed by atoms with Crippen molar-refractivity contribution >= 4 is 12.1 Å². The Morgan fingerprint density at radius 2 is 1.81 bits per heavy atom. The van der Waals surface area contributed by atoms with E-state index in [1.807, 2.05) is 0 Å². The molecule has 2 unspecified atom stereocenters. The molecule has 10 heteroatoms. The van der Waals surface area contributed by atoms with Crippen LogP contribution >= 0.6 is 0 Å². The van der Waals surface area contributed by atoms with Crippen molar-refractivity contribution < 1.29 is 32.2 Å². The van der Waals surface area contributed by atoms with Crippen LogP contribution in [0.5, 0.6) is 0 Å². The first-order valence-electron chi connectivity index (χ1n) is 8.27. The maximum Gasteiger partial charge on any atom is 0.451 e. The zero-order valence-corrected chi connectivity index (χ0v) is 15.4. The van der Waals surface area contributed by atoms with Crippen molar-refractivity contribution in [3.63, 3.8) is 0 Å². The van der Waals surface area contributed by atoms with Gasteiger partial charge < -0.3 is 19.2 Å². The lowest BCUT2D eigenvalue weighted by Crippen LogP contribution is -2.59. The Kier molecular flexibility index (Phi) is 5.46. The quantitative estimate of drug-likeness (QED) is 0.851. The number of nitrogens with zero attached hydrogens (tertiary/aromatic N) is 3. The minimum Gasteiger partial charge on any atom is -0.444 e. The summed E-state index contributed by atoms with van der Waals surface area (Å²) in [6, 6.07) is -0.872. The van der Waals surface area contributed by atoms with E-state index < -0.39 is 35.9 Å². The van der Waals surface area contributed by atoms with E-state index in [1.54, 1.807) is 39.5 Å². The van der Waals surface area contributed by atoms with Crippen molar-refractivity contribution in [3.05, 3.63) is 11.5 Å². The Morgan fingerprint density at radius 3 is 2.19 bits per heavy atom. The average molecular weight is 379 g/mol. The number of aliphatic hydroxyl groups is 1. The van der Waals surface area contributed by atoms with Gasteiger partial charge in [-0.3, -0.25) is 4.90 Å². The lowest BCUT2D eigenvalue weighted by Gasteiger charge is -2.43. The molecule has 0 aliphatic carbocycles. The van der Waals surface area contributed by atoms with Crippen LogP contribution in [0, 0.1) is 0 Å². The highest BCUT2D eigenvalue weighted by molar-refractivity contribution is 5.69. The smallest absolute Gasteiger partial charge is 0.444 e. The predicted octanol–water partition coefficient (Wildman–Crippen LogP) is 3.02. The largest absolute Gasteiger partial charge is 0.451 e. The van der Waals surface area contributed by atoms with Gasteiger partial charge in [-0.25, -0.2) is 4.79 Å². The molecule has 0 saturated carbocycles. The molecule has 1 aromatic heterocycles. The van der Waals surface area contributed by atoms with Gasteiger partial charge >= 0.3 is 12.3 Å². The van der Waals surface area contributed by atoms with Crippen LogP contribution in [-0.4, -0.2) is 51.9 Å². The lowest BCUT2D eigenvalue weighted by atomic mass is 10.1. The Labute approximate surface area is 149 Å². The van der Waals surface area contributed by atoms with E-state index in [1.165, 1.54) is 4.90 Å². The number of carbonyl (C=O) groups excluding carboxylic acids is 1. The number of oxazole rings is 1. The second kappa shape index (κ2) is 6.98. The number of piperazine rings is 1. The molecule has 1 amide bonds. The van der Waals surface area contributed by atoms with Crippen LogP contribution in [-0.2, 0) is 17.5 Å². The first-order valence-corrected chi connectivity index (χ1v) is 8.27. The standard InChI is InChI=1S/C16H24F3N3O4/c1-9-6-21(7-10(2)22(9)14(24)26-15(3,4)5)13-20-11(8-23)12(25-13)16(17,18)19/h9-10,23H,6-8H2,1-5H3. The van der Waals surface area contributed by atoms with Crippen LogP contribution in [0.25, 0.3) is 0 Å². The monoisotopic (exact) mass is 379 g/mol. The van der Waals surface area contributed by atoms with Gasteiger partial charge in [-0.1, -0.05) is 0 Å². The van der Waals surface area contributed by atoms with Gasteiger partial charge in [0.05, 0.1) is 18.7 Å². The Morgan fingerprint density at radius 1 is 1.27 bits per heavy atom. The molecule has 1 aliphatic rings. The number of halogens is 3.